The molecule has 2 heterocycles. The van der Waals surface area contributed by atoms with E-state index in [0.29, 0.717) is 43.6 Å². The van der Waals surface area contributed by atoms with Crippen LogP contribution in [-0.4, -0.2) is 26.8 Å². The van der Waals surface area contributed by atoms with Crippen molar-refractivity contribution in [2.75, 3.05) is 0 Å². The van der Waals surface area contributed by atoms with Crippen molar-refractivity contribution in [2.24, 2.45) is 0 Å². The van der Waals surface area contributed by atoms with Gasteiger partial charge in [0, 0.05) is 18.0 Å². The Morgan fingerprint density at radius 3 is 2.33 bits per heavy atom. The molecule has 4 aromatic rings. The molecule has 9 heteroatoms. The molecule has 0 atom stereocenters. The van der Waals surface area contributed by atoms with Gasteiger partial charge in [0.15, 0.2) is 0 Å². The number of hydrogen-bond acceptors (Lipinski definition) is 4. The summed E-state index contributed by atoms with van der Waals surface area (Å²) in [5.41, 5.74) is 8.16. The number of aromatic nitrogens is 3. The molecule has 2 aromatic heterocycles. The molecular formula is C21H15Cl2N5O2. The first-order valence-corrected chi connectivity index (χ1v) is 9.64. The zero-order valence-electron chi connectivity index (χ0n) is 15.7. The molecule has 150 valence electrons. The Morgan fingerprint density at radius 2 is 1.63 bits per heavy atom. The number of nitrogens with one attached hydrogen (secondary N) is 3. The normalized spacial score (nSPS) is 10.8. The molecule has 30 heavy (non-hydrogen) atoms. The van der Waals surface area contributed by atoms with Crippen molar-refractivity contribution in [3.8, 4) is 11.4 Å². The molecule has 0 aliphatic carbocycles. The van der Waals surface area contributed by atoms with Crippen LogP contribution in [0.3, 0.4) is 0 Å². The summed E-state index contributed by atoms with van der Waals surface area (Å²) in [5.74, 6) is -0.436. The van der Waals surface area contributed by atoms with Gasteiger partial charge in [-0.15, -0.1) is 0 Å². The molecule has 2 aromatic carbocycles. The van der Waals surface area contributed by atoms with Gasteiger partial charge >= 0.3 is 0 Å². The average molecular weight is 440 g/mol. The number of pyridine rings is 1. The lowest BCUT2D eigenvalue weighted by molar-refractivity contribution is 0.0846. The molecule has 0 saturated heterocycles. The Morgan fingerprint density at radius 1 is 0.933 bits per heavy atom. The molecule has 0 spiro atoms. The molecule has 0 unspecified atom stereocenters. The fourth-order valence-electron chi connectivity index (χ4n) is 2.93. The van der Waals surface area contributed by atoms with Crippen LogP contribution in [0.2, 0.25) is 10.0 Å². The Balaban J connectivity index is 1.53. The van der Waals surface area contributed by atoms with E-state index in [2.05, 4.69) is 25.8 Å². The Labute approximate surface area is 181 Å². The highest BCUT2D eigenvalue weighted by Gasteiger charge is 2.15. The first-order chi connectivity index (χ1) is 14.4. The van der Waals surface area contributed by atoms with Gasteiger partial charge in [-0.05, 0) is 48.9 Å². The number of rotatable bonds is 3. The highest BCUT2D eigenvalue weighted by Crippen LogP contribution is 2.33. The summed E-state index contributed by atoms with van der Waals surface area (Å²) in [6.07, 6.45) is 3.06. The van der Waals surface area contributed by atoms with Crippen LogP contribution in [0, 0.1) is 6.92 Å². The van der Waals surface area contributed by atoms with Crippen molar-refractivity contribution >= 4 is 46.0 Å². The van der Waals surface area contributed by atoms with Gasteiger partial charge in [0.05, 0.1) is 32.2 Å². The second kappa shape index (κ2) is 8.14. The fourth-order valence-corrected chi connectivity index (χ4v) is 3.51. The number of imidazole rings is 1. The van der Waals surface area contributed by atoms with E-state index in [4.69, 9.17) is 23.2 Å². The number of hydrazine groups is 1. The van der Waals surface area contributed by atoms with E-state index in [1.807, 2.05) is 6.92 Å². The van der Waals surface area contributed by atoms with Gasteiger partial charge in [0.2, 0.25) is 0 Å². The second-order valence-corrected chi connectivity index (χ2v) is 7.39. The summed E-state index contributed by atoms with van der Waals surface area (Å²) in [5, 5.41) is 0.931. The van der Waals surface area contributed by atoms with E-state index in [-0.39, 0.29) is 0 Å². The molecule has 0 radical (unpaired) electrons. The third-order valence-corrected chi connectivity index (χ3v) is 5.00. The number of nitrogens with zero attached hydrogens (tertiary/aromatic N) is 2. The quantitative estimate of drug-likeness (QED) is 0.414. The van der Waals surface area contributed by atoms with Crippen LogP contribution >= 0.6 is 23.2 Å². The highest BCUT2D eigenvalue weighted by molar-refractivity contribution is 6.39. The first-order valence-electron chi connectivity index (χ1n) is 8.89. The second-order valence-electron chi connectivity index (χ2n) is 6.57. The smallest absolute Gasteiger partial charge is 0.271 e. The number of amides is 2. The third-order valence-electron chi connectivity index (χ3n) is 4.37. The van der Waals surface area contributed by atoms with Gasteiger partial charge in [-0.2, -0.15) is 0 Å². The summed E-state index contributed by atoms with van der Waals surface area (Å²) in [4.78, 5) is 36.2. The van der Waals surface area contributed by atoms with Crippen molar-refractivity contribution in [1.82, 2.24) is 25.8 Å². The van der Waals surface area contributed by atoms with Crippen LogP contribution in [-0.2, 0) is 0 Å². The lowest BCUT2D eigenvalue weighted by atomic mass is 10.2. The third kappa shape index (κ3) is 3.98. The predicted molar refractivity (Wildman–Crippen MR) is 115 cm³/mol. The van der Waals surface area contributed by atoms with Gasteiger partial charge in [0.1, 0.15) is 5.82 Å². The SMILES string of the molecule is Cc1cncc(C(=O)NNC(=O)c2ccc3nc(-c4c(Cl)cccc4Cl)[nH]c3c2)c1. The van der Waals surface area contributed by atoms with E-state index in [9.17, 15) is 9.59 Å². The molecular weight excluding hydrogens is 425 g/mol. The minimum absolute atomic E-state index is 0.339. The number of carbonyl (C=O) groups is 2. The maximum atomic E-state index is 12.5. The first kappa shape index (κ1) is 19.9. The minimum atomic E-state index is -0.474. The zero-order valence-corrected chi connectivity index (χ0v) is 17.2. The van der Waals surface area contributed by atoms with Crippen LogP contribution < -0.4 is 10.9 Å². The van der Waals surface area contributed by atoms with E-state index >= 15 is 0 Å². The molecule has 2 amide bonds. The number of benzene rings is 2. The van der Waals surface area contributed by atoms with E-state index < -0.39 is 11.8 Å². The van der Waals surface area contributed by atoms with E-state index in [0.717, 1.165) is 5.56 Å². The topological polar surface area (TPSA) is 99.8 Å². The Bertz CT molecular complexity index is 1270. The predicted octanol–water partition coefficient (Wildman–Crippen LogP) is 4.31. The molecule has 4 rings (SSSR count). The van der Waals surface area contributed by atoms with E-state index in [1.54, 1.807) is 48.7 Å². The van der Waals surface area contributed by atoms with Gasteiger partial charge in [-0.3, -0.25) is 25.4 Å². The van der Waals surface area contributed by atoms with Gasteiger partial charge < -0.3 is 4.98 Å². The van der Waals surface area contributed by atoms with Crippen LogP contribution in [0.15, 0.2) is 54.9 Å². The average Bonchev–Trinajstić information content (AvgIpc) is 3.14. The maximum Gasteiger partial charge on any atom is 0.271 e. The van der Waals surface area contributed by atoms with Crippen molar-refractivity contribution in [3.05, 3.63) is 81.6 Å². The fraction of sp³-hybridized carbons (Fsp3) is 0.0476. The number of hydrogen-bond donors (Lipinski definition) is 3. The maximum absolute atomic E-state index is 12.5. The van der Waals surface area contributed by atoms with Gasteiger partial charge in [-0.1, -0.05) is 29.3 Å². The molecule has 0 saturated carbocycles. The zero-order chi connectivity index (χ0) is 21.3. The van der Waals surface area contributed by atoms with Crippen LogP contribution in [0.25, 0.3) is 22.4 Å². The Hall–Kier alpha value is -3.42. The molecule has 7 nitrogen and oxygen atoms in total. The number of carbonyl (C=O) groups excluding carboxylic acids is 2. The van der Waals surface area contributed by atoms with Crippen LogP contribution in [0.5, 0.6) is 0 Å². The Kier molecular flexibility index (Phi) is 5.39. The van der Waals surface area contributed by atoms with Crippen molar-refractivity contribution < 1.29 is 9.59 Å². The molecule has 3 N–H and O–H groups in total. The summed E-state index contributed by atoms with van der Waals surface area (Å²) in [7, 11) is 0. The van der Waals surface area contributed by atoms with Crippen molar-refractivity contribution in [1.29, 1.82) is 0 Å². The minimum Gasteiger partial charge on any atom is -0.338 e. The van der Waals surface area contributed by atoms with Crippen LogP contribution in [0.1, 0.15) is 26.3 Å². The monoisotopic (exact) mass is 439 g/mol. The molecule has 0 aliphatic heterocycles. The summed E-state index contributed by atoms with van der Waals surface area (Å²) >= 11 is 12.5. The summed E-state index contributed by atoms with van der Waals surface area (Å²) in [6.45, 7) is 1.83. The lowest BCUT2D eigenvalue weighted by Crippen LogP contribution is -2.41. The van der Waals surface area contributed by atoms with Crippen molar-refractivity contribution in [2.45, 2.75) is 6.92 Å². The van der Waals surface area contributed by atoms with Crippen LogP contribution in [0.4, 0.5) is 0 Å². The molecule has 0 bridgehead atoms. The highest BCUT2D eigenvalue weighted by atomic mass is 35.5. The number of aromatic amines is 1. The lowest BCUT2D eigenvalue weighted by Gasteiger charge is -2.07. The summed E-state index contributed by atoms with van der Waals surface area (Å²) < 4.78 is 0. The number of fused-ring (bicyclic) bond motifs is 1. The number of aryl methyl sites for hydroxylation is 1. The number of H-pyrrole nitrogens is 1. The summed E-state index contributed by atoms with van der Waals surface area (Å²) in [6, 6.07) is 11.8. The van der Waals surface area contributed by atoms with E-state index in [1.165, 1.54) is 6.20 Å². The van der Waals surface area contributed by atoms with Gasteiger partial charge in [-0.25, -0.2) is 4.98 Å². The largest absolute Gasteiger partial charge is 0.338 e. The molecule has 0 aliphatic rings. The van der Waals surface area contributed by atoms with Gasteiger partial charge in [0.25, 0.3) is 11.8 Å². The number of halogens is 2. The standard InChI is InChI=1S/C21H15Cl2N5O2/c1-11-7-13(10-24-9-11)21(30)28-27-20(29)12-5-6-16-17(8-12)26-19(25-16)18-14(22)3-2-4-15(18)23/h2-10H,1H3,(H,25,26)(H,27,29)(H,28,30). The molecule has 0 fully saturated rings. The van der Waals surface area contributed by atoms with Crippen molar-refractivity contribution in [3.63, 3.8) is 0 Å².